The first-order valence-corrected chi connectivity index (χ1v) is 9.44. The van der Waals surface area contributed by atoms with Crippen LogP contribution in [0.1, 0.15) is 39.2 Å². The number of hydrogen-bond acceptors (Lipinski definition) is 4. The number of carbonyl (C=O) groups excluding carboxylic acids is 1. The van der Waals surface area contributed by atoms with Gasteiger partial charge >= 0.3 is 5.97 Å². The van der Waals surface area contributed by atoms with Gasteiger partial charge in [0, 0.05) is 12.6 Å². The minimum atomic E-state index is -1.26. The van der Waals surface area contributed by atoms with Gasteiger partial charge in [0.2, 0.25) is 0 Å². The highest BCUT2D eigenvalue weighted by Gasteiger charge is 2.44. The molecule has 0 spiro atoms. The van der Waals surface area contributed by atoms with Gasteiger partial charge in [0.25, 0.3) is 0 Å². The van der Waals surface area contributed by atoms with Crippen molar-refractivity contribution in [1.82, 2.24) is 4.72 Å². The molecule has 0 aromatic heterocycles. The highest BCUT2D eigenvalue weighted by atomic mass is 32.2. The smallest absolute Gasteiger partial charge is 0.307 e. The summed E-state index contributed by atoms with van der Waals surface area (Å²) < 4.78 is 20.3. The van der Waals surface area contributed by atoms with E-state index in [1.54, 1.807) is 0 Å². The highest BCUT2D eigenvalue weighted by molar-refractivity contribution is 7.84. The van der Waals surface area contributed by atoms with E-state index in [1.165, 1.54) is 0 Å². The van der Waals surface area contributed by atoms with Crippen LogP contribution in [0.25, 0.3) is 0 Å². The van der Waals surface area contributed by atoms with Gasteiger partial charge in [-0.05, 0) is 44.6 Å². The van der Waals surface area contributed by atoms with E-state index in [2.05, 4.69) is 4.72 Å². The van der Waals surface area contributed by atoms with Gasteiger partial charge in [-0.1, -0.05) is 30.3 Å². The second kappa shape index (κ2) is 8.23. The third-order valence-electron chi connectivity index (χ3n) is 4.17. The molecule has 0 aliphatic heterocycles. The summed E-state index contributed by atoms with van der Waals surface area (Å²) in [5, 5.41) is 9.29. The van der Waals surface area contributed by atoms with Gasteiger partial charge in [-0.15, -0.1) is 0 Å². The van der Waals surface area contributed by atoms with Crippen LogP contribution in [-0.4, -0.2) is 32.7 Å². The molecule has 0 radical (unpaired) electrons. The van der Waals surface area contributed by atoms with E-state index in [0.717, 1.165) is 12.0 Å². The van der Waals surface area contributed by atoms with E-state index in [-0.39, 0.29) is 43.5 Å². The van der Waals surface area contributed by atoms with Crippen LogP contribution in [0, 0.1) is 11.8 Å². The number of ether oxygens (including phenoxy) is 1. The van der Waals surface area contributed by atoms with Crippen LogP contribution in [0.15, 0.2) is 30.3 Å². The van der Waals surface area contributed by atoms with Crippen LogP contribution in [0.2, 0.25) is 0 Å². The number of rotatable bonds is 8. The van der Waals surface area contributed by atoms with Crippen LogP contribution >= 0.6 is 0 Å². The van der Waals surface area contributed by atoms with Crippen molar-refractivity contribution in [3.8, 4) is 0 Å². The van der Waals surface area contributed by atoms with Gasteiger partial charge in [0.05, 0.1) is 22.2 Å². The Hall–Kier alpha value is -1.24. The zero-order valence-electron chi connectivity index (χ0n) is 14.5. The van der Waals surface area contributed by atoms with E-state index < -0.39 is 15.7 Å². The molecule has 24 heavy (non-hydrogen) atoms. The number of carbonyl (C=O) groups is 1. The molecule has 0 unspecified atom stereocenters. The van der Waals surface area contributed by atoms with Gasteiger partial charge in [0.15, 0.2) is 0 Å². The summed E-state index contributed by atoms with van der Waals surface area (Å²) in [5.74, 6) is 0.0396. The summed E-state index contributed by atoms with van der Waals surface area (Å²) in [6.45, 7) is 6.00. The largest absolute Gasteiger partial charge is 0.461 e. The predicted octanol–water partition coefficient (Wildman–Crippen LogP) is 2.17. The van der Waals surface area contributed by atoms with E-state index in [1.807, 2.05) is 51.1 Å². The van der Waals surface area contributed by atoms with Gasteiger partial charge in [0.1, 0.15) is 6.61 Å². The van der Waals surface area contributed by atoms with Crippen molar-refractivity contribution in [2.24, 2.45) is 11.8 Å². The molecular formula is C18H27NO4S. The normalized spacial score (nSPS) is 22.7. The van der Waals surface area contributed by atoms with Crippen molar-refractivity contribution >= 4 is 17.0 Å². The van der Waals surface area contributed by atoms with Gasteiger partial charge in [-0.3, -0.25) is 4.79 Å². The minimum Gasteiger partial charge on any atom is -0.461 e. The summed E-state index contributed by atoms with van der Waals surface area (Å²) in [5.41, 5.74) is 0.938. The summed E-state index contributed by atoms with van der Waals surface area (Å²) in [6, 6.07) is 9.28. The molecule has 134 valence electrons. The molecule has 5 nitrogen and oxygen atoms in total. The van der Waals surface area contributed by atoms with Gasteiger partial charge in [-0.25, -0.2) is 8.93 Å². The molecule has 1 saturated carbocycles. The molecule has 0 saturated heterocycles. The lowest BCUT2D eigenvalue weighted by atomic mass is 10.1. The fraction of sp³-hybridized carbons (Fsp3) is 0.611. The number of aliphatic hydroxyl groups is 1. The van der Waals surface area contributed by atoms with Crippen molar-refractivity contribution < 1.29 is 18.8 Å². The quantitative estimate of drug-likeness (QED) is 0.702. The molecule has 1 aliphatic rings. The number of benzene rings is 1. The Labute approximate surface area is 146 Å². The lowest BCUT2D eigenvalue weighted by Gasteiger charge is -2.24. The molecule has 0 bridgehead atoms. The molecule has 6 heteroatoms. The zero-order chi connectivity index (χ0) is 17.7. The van der Waals surface area contributed by atoms with E-state index in [9.17, 15) is 14.1 Å². The maximum atomic E-state index is 12.3. The average Bonchev–Trinajstić information content (AvgIpc) is 3.32. The van der Waals surface area contributed by atoms with Gasteiger partial charge < -0.3 is 9.84 Å². The fourth-order valence-corrected chi connectivity index (χ4v) is 3.43. The summed E-state index contributed by atoms with van der Waals surface area (Å²) in [7, 11) is -1.26. The highest BCUT2D eigenvalue weighted by Crippen LogP contribution is 2.42. The molecule has 2 rings (SSSR count). The number of nitrogens with one attached hydrogen (secondary N) is 1. The van der Waals surface area contributed by atoms with E-state index in [0.29, 0.717) is 0 Å². The van der Waals surface area contributed by atoms with E-state index >= 15 is 0 Å². The Balaban J connectivity index is 1.90. The maximum Gasteiger partial charge on any atom is 0.307 e. The van der Waals surface area contributed by atoms with Crippen LogP contribution in [-0.2, 0) is 27.1 Å². The number of aliphatic hydroxyl groups excluding tert-OH is 1. The predicted molar refractivity (Wildman–Crippen MR) is 94.4 cm³/mol. The van der Waals surface area contributed by atoms with Crippen molar-refractivity contribution in [2.75, 3.05) is 6.61 Å². The van der Waals surface area contributed by atoms with Crippen LogP contribution in [0.3, 0.4) is 0 Å². The molecular weight excluding hydrogens is 326 g/mol. The molecule has 0 heterocycles. The Morgan fingerprint density at radius 1 is 1.38 bits per heavy atom. The lowest BCUT2D eigenvalue weighted by Crippen LogP contribution is -2.42. The first-order chi connectivity index (χ1) is 11.3. The summed E-state index contributed by atoms with van der Waals surface area (Å²) in [6.07, 6.45) is 1.01. The standard InChI is InChI=1S/C18H27NO4S/c1-18(2,3)24(22)19-16(15-9-14(15)11-20)10-17(21)23-12-13-7-5-4-6-8-13/h4-8,14-16,19-20H,9-12H2,1-3H3/t14-,15+,16-,24+/m1/s1. The van der Waals surface area contributed by atoms with Crippen molar-refractivity contribution in [3.63, 3.8) is 0 Å². The lowest BCUT2D eigenvalue weighted by molar-refractivity contribution is -0.145. The average molecular weight is 353 g/mol. The second-order valence-corrected chi connectivity index (χ2v) is 9.30. The minimum absolute atomic E-state index is 0.101. The maximum absolute atomic E-state index is 12.3. The van der Waals surface area contributed by atoms with Crippen molar-refractivity contribution in [1.29, 1.82) is 0 Å². The van der Waals surface area contributed by atoms with Crippen molar-refractivity contribution in [2.45, 2.75) is 51.0 Å². The molecule has 2 N–H and O–H groups in total. The first-order valence-electron chi connectivity index (χ1n) is 8.29. The number of esters is 1. The molecule has 1 aromatic carbocycles. The summed E-state index contributed by atoms with van der Waals surface area (Å²) in [4.78, 5) is 12.2. The molecule has 1 aromatic rings. The van der Waals surface area contributed by atoms with Crippen molar-refractivity contribution in [3.05, 3.63) is 35.9 Å². The molecule has 1 fully saturated rings. The SMILES string of the molecule is CC(C)(C)[S@](=O)N[C@H](CC(=O)OCc1ccccc1)[C@H]1C[C@@H]1CO. The van der Waals surface area contributed by atoms with Crippen LogP contribution in [0.5, 0.6) is 0 Å². The zero-order valence-corrected chi connectivity index (χ0v) is 15.3. The third kappa shape index (κ3) is 5.69. The number of hydrogen-bond donors (Lipinski definition) is 2. The topological polar surface area (TPSA) is 75.6 Å². The second-order valence-electron chi connectivity index (χ2n) is 7.30. The summed E-state index contributed by atoms with van der Waals surface area (Å²) >= 11 is 0. The molecule has 1 aliphatic carbocycles. The molecule has 0 amide bonds. The molecule has 4 atom stereocenters. The third-order valence-corrected chi connectivity index (χ3v) is 5.80. The Kier molecular flexibility index (Phi) is 6.54. The Bertz CT molecular complexity index is 570. The fourth-order valence-electron chi connectivity index (χ4n) is 2.54. The first kappa shape index (κ1) is 19.1. The Morgan fingerprint density at radius 3 is 2.58 bits per heavy atom. The van der Waals surface area contributed by atoms with Gasteiger partial charge in [-0.2, -0.15) is 0 Å². The van der Waals surface area contributed by atoms with E-state index in [4.69, 9.17) is 4.74 Å². The monoisotopic (exact) mass is 353 g/mol. The Morgan fingerprint density at radius 2 is 2.04 bits per heavy atom. The van der Waals surface area contributed by atoms with Crippen LogP contribution in [0.4, 0.5) is 0 Å². The van der Waals surface area contributed by atoms with Crippen LogP contribution < -0.4 is 4.72 Å².